The normalized spacial score (nSPS) is 22.9. The molecule has 1 aromatic rings. The second-order valence-corrected chi connectivity index (χ2v) is 7.42. The first-order valence-corrected chi connectivity index (χ1v) is 8.66. The van der Waals surface area contributed by atoms with Gasteiger partial charge in [0.25, 0.3) is 5.91 Å². The van der Waals surface area contributed by atoms with E-state index in [9.17, 15) is 9.59 Å². The molecule has 132 valence electrons. The third-order valence-corrected chi connectivity index (χ3v) is 5.21. The molecule has 0 bridgehead atoms. The number of nitrogens with zero attached hydrogens (tertiary/aromatic N) is 4. The average molecular weight is 333 g/mol. The Morgan fingerprint density at radius 2 is 2.17 bits per heavy atom. The summed E-state index contributed by atoms with van der Waals surface area (Å²) < 4.78 is 1.98. The number of urea groups is 1. The van der Waals surface area contributed by atoms with Gasteiger partial charge in [-0.3, -0.25) is 19.3 Å². The highest BCUT2D eigenvalue weighted by atomic mass is 16.2. The molecule has 1 atom stereocenters. The van der Waals surface area contributed by atoms with Gasteiger partial charge in [0.1, 0.15) is 5.54 Å². The van der Waals surface area contributed by atoms with E-state index in [0.29, 0.717) is 12.6 Å². The highest BCUT2D eigenvalue weighted by Gasteiger charge is 2.43. The maximum Gasteiger partial charge on any atom is 0.325 e. The van der Waals surface area contributed by atoms with Gasteiger partial charge in [0.2, 0.25) is 0 Å². The highest BCUT2D eigenvalue weighted by Crippen LogP contribution is 2.33. The molecule has 0 saturated carbocycles. The van der Waals surface area contributed by atoms with Crippen molar-refractivity contribution in [2.45, 2.75) is 51.1 Å². The summed E-state index contributed by atoms with van der Waals surface area (Å²) in [6, 6.07) is 0.0989. The second kappa shape index (κ2) is 6.20. The van der Waals surface area contributed by atoms with Crippen LogP contribution in [0.2, 0.25) is 0 Å². The Bertz CT molecular complexity index is 651. The lowest BCUT2D eigenvalue weighted by Crippen LogP contribution is -2.40. The maximum atomic E-state index is 12.2. The van der Waals surface area contributed by atoms with Crippen molar-refractivity contribution in [2.75, 3.05) is 20.1 Å². The number of imide groups is 1. The number of hydrogen-bond acceptors (Lipinski definition) is 4. The summed E-state index contributed by atoms with van der Waals surface area (Å²) >= 11 is 0. The maximum absolute atomic E-state index is 12.2. The van der Waals surface area contributed by atoms with Crippen LogP contribution in [0.5, 0.6) is 0 Å². The zero-order valence-corrected chi connectivity index (χ0v) is 15.0. The third kappa shape index (κ3) is 2.92. The number of amides is 3. The van der Waals surface area contributed by atoms with Gasteiger partial charge in [-0.05, 0) is 46.6 Å². The van der Waals surface area contributed by atoms with Crippen LogP contribution >= 0.6 is 0 Å². The predicted molar refractivity (Wildman–Crippen MR) is 90.5 cm³/mol. The molecule has 0 unspecified atom stereocenters. The molecule has 1 fully saturated rings. The number of fused-ring (bicyclic) bond motifs is 1. The van der Waals surface area contributed by atoms with E-state index < -0.39 is 5.54 Å². The van der Waals surface area contributed by atoms with Crippen molar-refractivity contribution in [3.63, 3.8) is 0 Å². The Morgan fingerprint density at radius 1 is 1.42 bits per heavy atom. The molecule has 0 radical (unpaired) electrons. The van der Waals surface area contributed by atoms with Gasteiger partial charge in [0.05, 0.1) is 6.20 Å². The number of carbonyl (C=O) groups excluding carboxylic acids is 2. The summed E-state index contributed by atoms with van der Waals surface area (Å²) in [6.07, 6.45) is 6.15. The first-order chi connectivity index (χ1) is 11.3. The van der Waals surface area contributed by atoms with Crippen molar-refractivity contribution in [1.82, 2.24) is 24.9 Å². The van der Waals surface area contributed by atoms with E-state index in [4.69, 9.17) is 0 Å². The molecule has 1 saturated heterocycles. The number of carbonyl (C=O) groups is 2. The fraction of sp³-hybridized carbons (Fsp3) is 0.706. The fourth-order valence-corrected chi connectivity index (χ4v) is 3.80. The van der Waals surface area contributed by atoms with E-state index >= 15 is 0 Å². The van der Waals surface area contributed by atoms with Gasteiger partial charge in [0, 0.05) is 37.4 Å². The molecule has 7 heteroatoms. The summed E-state index contributed by atoms with van der Waals surface area (Å²) in [5.74, 6) is -0.137. The van der Waals surface area contributed by atoms with Gasteiger partial charge in [0.15, 0.2) is 0 Å². The Balaban J connectivity index is 1.56. The molecule has 2 heterocycles. The van der Waals surface area contributed by atoms with Gasteiger partial charge in [-0.1, -0.05) is 0 Å². The van der Waals surface area contributed by atoms with Gasteiger partial charge in [-0.15, -0.1) is 0 Å². The monoisotopic (exact) mass is 333 g/mol. The van der Waals surface area contributed by atoms with Crippen LogP contribution in [0.3, 0.4) is 0 Å². The molecule has 3 rings (SSSR count). The Kier molecular flexibility index (Phi) is 4.38. The Morgan fingerprint density at radius 3 is 2.83 bits per heavy atom. The molecule has 1 aromatic heterocycles. The van der Waals surface area contributed by atoms with Crippen molar-refractivity contribution < 1.29 is 9.59 Å². The zero-order chi connectivity index (χ0) is 17.5. The van der Waals surface area contributed by atoms with Crippen LogP contribution in [0.15, 0.2) is 6.20 Å². The van der Waals surface area contributed by atoms with E-state index in [1.54, 1.807) is 13.8 Å². The number of aryl methyl sites for hydroxylation is 1. The minimum Gasteiger partial charge on any atom is -0.324 e. The van der Waals surface area contributed by atoms with Crippen LogP contribution in [0, 0.1) is 0 Å². The number of rotatable bonds is 5. The molecule has 0 spiro atoms. The van der Waals surface area contributed by atoms with Crippen LogP contribution in [-0.2, 0) is 18.3 Å². The van der Waals surface area contributed by atoms with Gasteiger partial charge in [-0.2, -0.15) is 5.10 Å². The lowest BCUT2D eigenvalue weighted by molar-refractivity contribution is -0.130. The lowest BCUT2D eigenvalue weighted by atomic mass is 9.92. The molecule has 3 amide bonds. The second-order valence-electron chi connectivity index (χ2n) is 7.42. The van der Waals surface area contributed by atoms with E-state index in [1.165, 1.54) is 22.6 Å². The van der Waals surface area contributed by atoms with E-state index in [1.807, 2.05) is 17.9 Å². The standard InChI is InChI=1S/C17H27N5O2/c1-17(2)15(23)22(16(24)19-17)10-6-9-20(3)13-7-5-8-14-12(13)11-18-21(14)4/h11,13H,5-10H2,1-4H3,(H,19,24)/t13-/m0/s1. The number of aromatic nitrogens is 2. The molecule has 0 aromatic carbocycles. The molecular formula is C17H27N5O2. The molecule has 1 N–H and O–H groups in total. The zero-order valence-electron chi connectivity index (χ0n) is 15.0. The molecule has 1 aliphatic carbocycles. The largest absolute Gasteiger partial charge is 0.325 e. The van der Waals surface area contributed by atoms with Gasteiger partial charge >= 0.3 is 6.03 Å². The molecule has 2 aliphatic rings. The smallest absolute Gasteiger partial charge is 0.324 e. The highest BCUT2D eigenvalue weighted by molar-refractivity contribution is 6.06. The first kappa shape index (κ1) is 17.0. The number of hydrogen-bond donors (Lipinski definition) is 1. The van der Waals surface area contributed by atoms with Crippen LogP contribution < -0.4 is 5.32 Å². The molecular weight excluding hydrogens is 306 g/mol. The lowest BCUT2D eigenvalue weighted by Gasteiger charge is -2.31. The Hall–Kier alpha value is -1.89. The quantitative estimate of drug-likeness (QED) is 0.828. The molecule has 1 aliphatic heterocycles. The summed E-state index contributed by atoms with van der Waals surface area (Å²) in [4.78, 5) is 27.8. The van der Waals surface area contributed by atoms with Crippen molar-refractivity contribution >= 4 is 11.9 Å². The van der Waals surface area contributed by atoms with E-state index in [0.717, 1.165) is 25.8 Å². The summed E-state index contributed by atoms with van der Waals surface area (Å²) in [5.41, 5.74) is 1.87. The average Bonchev–Trinajstić information content (AvgIpc) is 2.99. The SMILES string of the molecule is CN(CCCN1C(=O)NC(C)(C)C1=O)[C@H]1CCCc2c1cnn2C. The Labute approximate surface area is 143 Å². The van der Waals surface area contributed by atoms with Crippen LogP contribution in [0.25, 0.3) is 0 Å². The van der Waals surface area contributed by atoms with Gasteiger partial charge < -0.3 is 5.32 Å². The van der Waals surface area contributed by atoms with Crippen molar-refractivity contribution in [3.05, 3.63) is 17.5 Å². The van der Waals surface area contributed by atoms with Gasteiger partial charge in [-0.25, -0.2) is 4.79 Å². The minimum absolute atomic E-state index is 0.137. The van der Waals surface area contributed by atoms with E-state index in [2.05, 4.69) is 22.4 Å². The van der Waals surface area contributed by atoms with E-state index in [-0.39, 0.29) is 11.9 Å². The van der Waals surface area contributed by atoms with Crippen molar-refractivity contribution in [3.8, 4) is 0 Å². The predicted octanol–water partition coefficient (Wildman–Crippen LogP) is 1.45. The topological polar surface area (TPSA) is 70.5 Å². The summed E-state index contributed by atoms with van der Waals surface area (Å²) in [7, 11) is 4.11. The number of nitrogens with one attached hydrogen (secondary N) is 1. The van der Waals surface area contributed by atoms with Crippen LogP contribution in [0.4, 0.5) is 4.79 Å². The third-order valence-electron chi connectivity index (χ3n) is 5.21. The van der Waals surface area contributed by atoms with Crippen molar-refractivity contribution in [1.29, 1.82) is 0 Å². The molecule has 24 heavy (non-hydrogen) atoms. The summed E-state index contributed by atoms with van der Waals surface area (Å²) in [5, 5.41) is 7.12. The first-order valence-electron chi connectivity index (χ1n) is 8.66. The molecule has 7 nitrogen and oxygen atoms in total. The minimum atomic E-state index is -0.781. The van der Waals surface area contributed by atoms with Crippen LogP contribution in [0.1, 0.15) is 50.4 Å². The van der Waals surface area contributed by atoms with Crippen molar-refractivity contribution in [2.24, 2.45) is 7.05 Å². The fourth-order valence-electron chi connectivity index (χ4n) is 3.80. The summed E-state index contributed by atoms with van der Waals surface area (Å²) in [6.45, 7) is 4.79. The van der Waals surface area contributed by atoms with Crippen LogP contribution in [-0.4, -0.2) is 57.2 Å².